The van der Waals surface area contributed by atoms with Crippen LogP contribution in [-0.2, 0) is 4.79 Å². The molecule has 1 aromatic carbocycles. The average molecular weight is 277 g/mol. The van der Waals surface area contributed by atoms with Crippen LogP contribution in [0.5, 0.6) is 11.5 Å². The molecule has 2 rings (SSSR count). The van der Waals surface area contributed by atoms with Crippen molar-refractivity contribution in [1.29, 1.82) is 0 Å². The number of carbonyl (C=O) groups excluding carboxylic acids is 2. The molecule has 1 aliphatic carbocycles. The lowest BCUT2D eigenvalue weighted by Crippen LogP contribution is -2.30. The minimum Gasteiger partial charge on any atom is -0.493 e. The van der Waals surface area contributed by atoms with Gasteiger partial charge in [-0.15, -0.1) is 0 Å². The predicted octanol–water partition coefficient (Wildman–Crippen LogP) is 1.80. The van der Waals surface area contributed by atoms with Gasteiger partial charge in [0, 0.05) is 12.1 Å². The minimum atomic E-state index is -0.144. The van der Waals surface area contributed by atoms with Crippen LogP contribution in [0, 0.1) is 5.92 Å². The number of Topliss-reactive ketones (excluding diaryl/α,β-unsaturated/α-hetero) is 1. The lowest BCUT2D eigenvalue weighted by molar-refractivity contribution is -0.123. The van der Waals surface area contributed by atoms with Crippen molar-refractivity contribution in [2.45, 2.75) is 19.8 Å². The molecule has 0 bridgehead atoms. The maximum absolute atomic E-state index is 11.6. The van der Waals surface area contributed by atoms with E-state index in [2.05, 4.69) is 5.32 Å². The quantitative estimate of drug-likeness (QED) is 0.772. The van der Waals surface area contributed by atoms with Crippen molar-refractivity contribution in [2.24, 2.45) is 5.92 Å². The van der Waals surface area contributed by atoms with E-state index in [-0.39, 0.29) is 18.3 Å². The van der Waals surface area contributed by atoms with E-state index in [1.165, 1.54) is 26.9 Å². The molecule has 1 fully saturated rings. The molecule has 5 nitrogen and oxygen atoms in total. The van der Waals surface area contributed by atoms with Gasteiger partial charge in [-0.25, -0.2) is 0 Å². The number of nitrogens with one attached hydrogen (secondary N) is 1. The second-order valence-corrected chi connectivity index (χ2v) is 4.96. The molecule has 1 aliphatic rings. The molecule has 0 radical (unpaired) electrons. The molecule has 108 valence electrons. The first-order valence-electron chi connectivity index (χ1n) is 6.68. The topological polar surface area (TPSA) is 64.6 Å². The van der Waals surface area contributed by atoms with Crippen molar-refractivity contribution >= 4 is 11.7 Å². The summed E-state index contributed by atoms with van der Waals surface area (Å²) in [5, 5.41) is 2.82. The molecule has 1 saturated carbocycles. The second-order valence-electron chi connectivity index (χ2n) is 4.96. The van der Waals surface area contributed by atoms with Gasteiger partial charge in [-0.1, -0.05) is 0 Å². The molecule has 1 amide bonds. The van der Waals surface area contributed by atoms with Gasteiger partial charge >= 0.3 is 0 Å². The molecule has 20 heavy (non-hydrogen) atoms. The molecule has 0 aliphatic heterocycles. The van der Waals surface area contributed by atoms with Gasteiger partial charge in [-0.3, -0.25) is 9.59 Å². The highest BCUT2D eigenvalue weighted by Gasteiger charge is 2.21. The third-order valence-electron chi connectivity index (χ3n) is 3.21. The van der Waals surface area contributed by atoms with Gasteiger partial charge in [0.1, 0.15) is 0 Å². The summed E-state index contributed by atoms with van der Waals surface area (Å²) in [5.74, 6) is 1.36. The molecule has 0 atom stereocenters. The van der Waals surface area contributed by atoms with E-state index in [1.54, 1.807) is 18.2 Å². The van der Waals surface area contributed by atoms with Crippen molar-refractivity contribution < 1.29 is 19.1 Å². The third kappa shape index (κ3) is 3.98. The molecule has 1 aromatic rings. The number of methoxy groups -OCH3 is 1. The molecule has 1 N–H and O–H groups in total. The van der Waals surface area contributed by atoms with Gasteiger partial charge < -0.3 is 14.8 Å². The number of benzene rings is 1. The SMILES string of the molecule is COc1cc(C(C)=O)ccc1OCC(=O)NCC1CC1. The van der Waals surface area contributed by atoms with E-state index in [1.807, 2.05) is 0 Å². The Kier molecular flexibility index (Phi) is 4.61. The van der Waals surface area contributed by atoms with E-state index in [0.717, 1.165) is 6.54 Å². The summed E-state index contributed by atoms with van der Waals surface area (Å²) in [7, 11) is 1.50. The molecule has 5 heteroatoms. The predicted molar refractivity (Wildman–Crippen MR) is 74.2 cm³/mol. The fraction of sp³-hybridized carbons (Fsp3) is 0.467. The maximum atomic E-state index is 11.6. The molecular formula is C15H19NO4. The van der Waals surface area contributed by atoms with Crippen LogP contribution < -0.4 is 14.8 Å². The van der Waals surface area contributed by atoms with E-state index in [0.29, 0.717) is 23.0 Å². The number of ketones is 1. The highest BCUT2D eigenvalue weighted by Crippen LogP contribution is 2.28. The number of hydrogen-bond acceptors (Lipinski definition) is 4. The van der Waals surface area contributed by atoms with Gasteiger partial charge in [-0.05, 0) is 43.9 Å². The third-order valence-corrected chi connectivity index (χ3v) is 3.21. The Morgan fingerprint density at radius 1 is 1.30 bits per heavy atom. The number of carbonyl (C=O) groups is 2. The van der Waals surface area contributed by atoms with E-state index in [4.69, 9.17) is 9.47 Å². The minimum absolute atomic E-state index is 0.0444. The standard InChI is InChI=1S/C15H19NO4/c1-10(17)12-5-6-13(14(7-12)19-2)20-9-15(18)16-8-11-3-4-11/h5-7,11H,3-4,8-9H2,1-2H3,(H,16,18). The van der Waals surface area contributed by atoms with Gasteiger partial charge in [0.15, 0.2) is 23.9 Å². The van der Waals surface area contributed by atoms with Crippen LogP contribution in [0.25, 0.3) is 0 Å². The Morgan fingerprint density at radius 3 is 2.65 bits per heavy atom. The highest BCUT2D eigenvalue weighted by molar-refractivity contribution is 5.94. The molecule has 0 spiro atoms. The molecule has 0 heterocycles. The Balaban J connectivity index is 1.90. The van der Waals surface area contributed by atoms with Crippen molar-refractivity contribution in [3.05, 3.63) is 23.8 Å². The number of hydrogen-bond donors (Lipinski definition) is 1. The van der Waals surface area contributed by atoms with Gasteiger partial charge in [-0.2, -0.15) is 0 Å². The van der Waals surface area contributed by atoms with Crippen LogP contribution in [-0.4, -0.2) is 32.0 Å². The largest absolute Gasteiger partial charge is 0.493 e. The first-order valence-corrected chi connectivity index (χ1v) is 6.68. The fourth-order valence-electron chi connectivity index (χ4n) is 1.78. The lowest BCUT2D eigenvalue weighted by Gasteiger charge is -2.11. The Morgan fingerprint density at radius 2 is 2.05 bits per heavy atom. The van der Waals surface area contributed by atoms with E-state index in [9.17, 15) is 9.59 Å². The monoisotopic (exact) mass is 277 g/mol. The zero-order valence-corrected chi connectivity index (χ0v) is 11.8. The Bertz CT molecular complexity index is 509. The van der Waals surface area contributed by atoms with E-state index < -0.39 is 0 Å². The van der Waals surface area contributed by atoms with E-state index >= 15 is 0 Å². The number of rotatable bonds is 7. The lowest BCUT2D eigenvalue weighted by atomic mass is 10.1. The Labute approximate surface area is 118 Å². The summed E-state index contributed by atoms with van der Waals surface area (Å²) in [6, 6.07) is 4.91. The first-order chi connectivity index (χ1) is 9.60. The zero-order chi connectivity index (χ0) is 14.5. The summed E-state index contributed by atoms with van der Waals surface area (Å²) in [4.78, 5) is 22.9. The smallest absolute Gasteiger partial charge is 0.257 e. The molecule has 0 saturated heterocycles. The molecule has 0 aromatic heterocycles. The molecular weight excluding hydrogens is 258 g/mol. The fourth-order valence-corrected chi connectivity index (χ4v) is 1.78. The van der Waals surface area contributed by atoms with Gasteiger partial charge in [0.05, 0.1) is 7.11 Å². The van der Waals surface area contributed by atoms with Crippen molar-refractivity contribution in [2.75, 3.05) is 20.3 Å². The van der Waals surface area contributed by atoms with Crippen LogP contribution in [0.4, 0.5) is 0 Å². The van der Waals surface area contributed by atoms with Crippen LogP contribution in [0.15, 0.2) is 18.2 Å². The summed E-state index contributed by atoms with van der Waals surface area (Å²) in [6.45, 7) is 2.16. The Hall–Kier alpha value is -2.04. The number of ether oxygens (including phenoxy) is 2. The average Bonchev–Trinajstić information content (AvgIpc) is 3.26. The highest BCUT2D eigenvalue weighted by atomic mass is 16.5. The summed E-state index contributed by atoms with van der Waals surface area (Å²) in [5.41, 5.74) is 0.549. The van der Waals surface area contributed by atoms with Crippen LogP contribution in [0.2, 0.25) is 0 Å². The first kappa shape index (κ1) is 14.4. The van der Waals surface area contributed by atoms with Crippen LogP contribution in [0.3, 0.4) is 0 Å². The zero-order valence-electron chi connectivity index (χ0n) is 11.8. The van der Waals surface area contributed by atoms with Crippen molar-refractivity contribution in [3.8, 4) is 11.5 Å². The van der Waals surface area contributed by atoms with Crippen molar-refractivity contribution in [3.63, 3.8) is 0 Å². The summed E-state index contributed by atoms with van der Waals surface area (Å²) < 4.78 is 10.6. The van der Waals surface area contributed by atoms with Crippen LogP contribution >= 0.6 is 0 Å². The normalized spacial score (nSPS) is 13.7. The number of amides is 1. The van der Waals surface area contributed by atoms with Gasteiger partial charge in [0.25, 0.3) is 5.91 Å². The van der Waals surface area contributed by atoms with Crippen LogP contribution in [0.1, 0.15) is 30.1 Å². The van der Waals surface area contributed by atoms with Gasteiger partial charge in [0.2, 0.25) is 0 Å². The summed E-state index contributed by atoms with van der Waals surface area (Å²) >= 11 is 0. The summed E-state index contributed by atoms with van der Waals surface area (Å²) in [6.07, 6.45) is 2.39. The van der Waals surface area contributed by atoms with Crippen molar-refractivity contribution in [1.82, 2.24) is 5.32 Å². The second kappa shape index (κ2) is 6.41. The maximum Gasteiger partial charge on any atom is 0.257 e. The molecule has 0 unspecified atom stereocenters.